The molecule has 0 spiro atoms. The summed E-state index contributed by atoms with van der Waals surface area (Å²) >= 11 is 2.89. The zero-order valence-corrected chi connectivity index (χ0v) is 14.4. The number of nitrogen functional groups attached to an aromatic ring is 1. The molecule has 0 aliphatic heterocycles. The number of aryl methyl sites for hydroxylation is 1. The minimum Gasteiger partial charge on any atom is -0.368 e. The Hall–Kier alpha value is -2.12. The van der Waals surface area contributed by atoms with Gasteiger partial charge in [0.1, 0.15) is 11.9 Å². The van der Waals surface area contributed by atoms with Gasteiger partial charge in [-0.15, -0.1) is 5.10 Å². The highest BCUT2D eigenvalue weighted by Crippen LogP contribution is 2.23. The van der Waals surface area contributed by atoms with E-state index < -0.39 is 0 Å². The maximum Gasteiger partial charge on any atom is 0.235 e. The van der Waals surface area contributed by atoms with Crippen molar-refractivity contribution in [1.29, 1.82) is 5.26 Å². The van der Waals surface area contributed by atoms with Crippen molar-refractivity contribution in [2.45, 2.75) is 18.5 Å². The summed E-state index contributed by atoms with van der Waals surface area (Å²) in [6.45, 7) is 1.88. The van der Waals surface area contributed by atoms with E-state index in [1.807, 2.05) is 13.2 Å². The number of rotatable bonds is 7. The smallest absolute Gasteiger partial charge is 0.235 e. The fraction of sp³-hybridized carbons (Fsp3) is 0.385. The van der Waals surface area contributed by atoms with Gasteiger partial charge in [0, 0.05) is 5.69 Å². The first-order valence-electron chi connectivity index (χ1n) is 6.76. The average molecular weight is 351 g/mol. The molecule has 0 fully saturated rings. The van der Waals surface area contributed by atoms with Crippen LogP contribution in [0, 0.1) is 18.3 Å². The summed E-state index contributed by atoms with van der Waals surface area (Å²) in [5.41, 5.74) is 7.75. The maximum atomic E-state index is 12.0. The number of nitrogens with one attached hydrogen (secondary N) is 3. The third-order valence-electron chi connectivity index (χ3n) is 3.10. The molecule has 0 saturated carbocycles. The topological polar surface area (TPSA) is 136 Å². The van der Waals surface area contributed by atoms with E-state index in [2.05, 4.69) is 31.6 Å². The van der Waals surface area contributed by atoms with Crippen molar-refractivity contribution in [2.75, 3.05) is 28.8 Å². The van der Waals surface area contributed by atoms with Crippen LogP contribution in [0.25, 0.3) is 0 Å². The van der Waals surface area contributed by atoms with Gasteiger partial charge in [0.15, 0.2) is 0 Å². The Labute approximate surface area is 142 Å². The van der Waals surface area contributed by atoms with Crippen molar-refractivity contribution < 1.29 is 4.79 Å². The second-order valence-electron chi connectivity index (χ2n) is 4.67. The number of carbonyl (C=O) groups is 1. The number of amides is 1. The fourth-order valence-electron chi connectivity index (χ4n) is 1.96. The molecule has 2 rings (SSSR count). The van der Waals surface area contributed by atoms with Gasteiger partial charge >= 0.3 is 0 Å². The van der Waals surface area contributed by atoms with E-state index in [0.29, 0.717) is 16.5 Å². The third kappa shape index (κ3) is 4.43. The van der Waals surface area contributed by atoms with E-state index >= 15 is 0 Å². The van der Waals surface area contributed by atoms with Crippen LogP contribution in [0.15, 0.2) is 5.16 Å². The number of H-pyrrole nitrogens is 2. The van der Waals surface area contributed by atoms with Crippen molar-refractivity contribution >= 4 is 41.2 Å². The molecule has 122 valence electrons. The number of nitriles is 1. The predicted octanol–water partition coefficient (Wildman–Crippen LogP) is 1.53. The van der Waals surface area contributed by atoms with Crippen LogP contribution < -0.4 is 11.1 Å². The molecule has 0 radical (unpaired) electrons. The molecule has 0 bridgehead atoms. The van der Waals surface area contributed by atoms with E-state index in [1.54, 1.807) is 11.8 Å². The van der Waals surface area contributed by atoms with Crippen LogP contribution in [0.3, 0.4) is 0 Å². The number of hydrogen-bond donors (Lipinski definition) is 4. The second-order valence-corrected chi connectivity index (χ2v) is 6.60. The highest BCUT2D eigenvalue weighted by atomic mass is 32.2. The third-order valence-corrected chi connectivity index (χ3v) is 4.56. The molecular formula is C13H17N7OS2. The van der Waals surface area contributed by atoms with Crippen LogP contribution in [-0.4, -0.2) is 43.8 Å². The number of nitrogens with two attached hydrogens (primary N) is 1. The Bertz CT molecular complexity index is 731. The van der Waals surface area contributed by atoms with Crippen molar-refractivity contribution in [3.63, 3.8) is 0 Å². The number of hydrogen-bond acceptors (Lipinski definition) is 7. The summed E-state index contributed by atoms with van der Waals surface area (Å²) in [6.07, 6.45) is 2.85. The lowest BCUT2D eigenvalue weighted by atomic mass is 10.1. The summed E-state index contributed by atoms with van der Waals surface area (Å²) in [5.74, 6) is 1.48. The predicted molar refractivity (Wildman–Crippen MR) is 92.5 cm³/mol. The van der Waals surface area contributed by atoms with Gasteiger partial charge in [0.05, 0.1) is 11.3 Å². The summed E-state index contributed by atoms with van der Waals surface area (Å²) in [6, 6.07) is 2.14. The molecule has 5 N–H and O–H groups in total. The quantitative estimate of drug-likeness (QED) is 0.555. The molecular weight excluding hydrogens is 334 g/mol. The van der Waals surface area contributed by atoms with Gasteiger partial charge in [-0.05, 0) is 30.9 Å². The lowest BCUT2D eigenvalue weighted by molar-refractivity contribution is -0.113. The van der Waals surface area contributed by atoms with Crippen LogP contribution in [0.1, 0.15) is 16.8 Å². The Morgan fingerprint density at radius 1 is 1.52 bits per heavy atom. The molecule has 23 heavy (non-hydrogen) atoms. The standard InChI is InChI=1S/C13H17N7OS2/c1-7-8(5-14)11(16-9(7)3-4-22-2)17-10(21)6-23-13-18-12(15)19-20-13/h16H,3-4,6H2,1-2H3,(H,17,21)(H3,15,18,19,20). The molecule has 0 atom stereocenters. The fourth-order valence-corrected chi connectivity index (χ4v) is 2.98. The monoisotopic (exact) mass is 351 g/mol. The molecule has 0 saturated heterocycles. The van der Waals surface area contributed by atoms with Crippen molar-refractivity contribution in [3.8, 4) is 6.07 Å². The van der Waals surface area contributed by atoms with E-state index in [1.165, 1.54) is 0 Å². The van der Waals surface area contributed by atoms with Crippen LogP contribution >= 0.6 is 23.5 Å². The van der Waals surface area contributed by atoms with Gasteiger partial charge in [0.2, 0.25) is 17.0 Å². The average Bonchev–Trinajstić information content (AvgIpc) is 3.07. The highest BCUT2D eigenvalue weighted by molar-refractivity contribution is 7.99. The minimum atomic E-state index is -0.243. The van der Waals surface area contributed by atoms with Crippen molar-refractivity contribution in [3.05, 3.63) is 16.8 Å². The SMILES string of the molecule is CSCCc1[nH]c(NC(=O)CSc2n[nH]c(N)n2)c(C#N)c1C. The van der Waals surface area contributed by atoms with Gasteiger partial charge in [0.25, 0.3) is 0 Å². The van der Waals surface area contributed by atoms with Gasteiger partial charge in [-0.3, -0.25) is 4.79 Å². The molecule has 0 aromatic carbocycles. The normalized spacial score (nSPS) is 10.5. The molecule has 10 heteroatoms. The zero-order chi connectivity index (χ0) is 16.8. The van der Waals surface area contributed by atoms with E-state index in [4.69, 9.17) is 5.73 Å². The first-order valence-corrected chi connectivity index (χ1v) is 9.14. The largest absolute Gasteiger partial charge is 0.368 e. The minimum absolute atomic E-state index is 0.125. The summed E-state index contributed by atoms with van der Waals surface area (Å²) in [4.78, 5) is 19.1. The number of thioether (sulfide) groups is 2. The Balaban J connectivity index is 2.01. The number of aromatic nitrogens is 4. The Morgan fingerprint density at radius 3 is 2.91 bits per heavy atom. The van der Waals surface area contributed by atoms with Gasteiger partial charge < -0.3 is 16.0 Å². The molecule has 2 aromatic rings. The number of anilines is 2. The van der Waals surface area contributed by atoms with E-state index in [9.17, 15) is 10.1 Å². The summed E-state index contributed by atoms with van der Waals surface area (Å²) < 4.78 is 0. The molecule has 0 unspecified atom stereocenters. The van der Waals surface area contributed by atoms with Crippen LogP contribution in [-0.2, 0) is 11.2 Å². The molecule has 2 heterocycles. The van der Waals surface area contributed by atoms with Gasteiger partial charge in [-0.1, -0.05) is 11.8 Å². The maximum absolute atomic E-state index is 12.0. The molecule has 2 aromatic heterocycles. The molecule has 8 nitrogen and oxygen atoms in total. The van der Waals surface area contributed by atoms with Crippen LogP contribution in [0.5, 0.6) is 0 Å². The van der Waals surface area contributed by atoms with Crippen LogP contribution in [0.4, 0.5) is 11.8 Å². The highest BCUT2D eigenvalue weighted by Gasteiger charge is 2.16. The first kappa shape index (κ1) is 17.2. The van der Waals surface area contributed by atoms with E-state index in [0.717, 1.165) is 35.2 Å². The lowest BCUT2D eigenvalue weighted by Gasteiger charge is -2.02. The number of nitrogens with zero attached hydrogens (tertiary/aromatic N) is 3. The first-order chi connectivity index (χ1) is 11.0. The summed E-state index contributed by atoms with van der Waals surface area (Å²) in [7, 11) is 0. The lowest BCUT2D eigenvalue weighted by Crippen LogP contribution is -2.15. The van der Waals surface area contributed by atoms with Crippen LogP contribution in [0.2, 0.25) is 0 Å². The van der Waals surface area contributed by atoms with Crippen molar-refractivity contribution in [2.24, 2.45) is 0 Å². The second kappa shape index (κ2) is 7.94. The summed E-state index contributed by atoms with van der Waals surface area (Å²) in [5, 5.41) is 18.8. The van der Waals surface area contributed by atoms with Gasteiger partial charge in [-0.25, -0.2) is 5.10 Å². The Morgan fingerprint density at radius 2 is 2.30 bits per heavy atom. The Kier molecular flexibility index (Phi) is 5.95. The number of carbonyl (C=O) groups excluding carboxylic acids is 1. The molecule has 1 amide bonds. The molecule has 0 aliphatic carbocycles. The number of aromatic amines is 2. The zero-order valence-electron chi connectivity index (χ0n) is 12.8. The van der Waals surface area contributed by atoms with E-state index in [-0.39, 0.29) is 17.6 Å². The van der Waals surface area contributed by atoms with Gasteiger partial charge in [-0.2, -0.15) is 22.0 Å². The van der Waals surface area contributed by atoms with Crippen molar-refractivity contribution in [1.82, 2.24) is 20.2 Å². The molecule has 0 aliphatic rings.